The van der Waals surface area contributed by atoms with E-state index in [0.717, 1.165) is 25.7 Å². The Labute approximate surface area is 119 Å². The molecule has 0 aromatic rings. The van der Waals surface area contributed by atoms with Gasteiger partial charge in [-0.2, -0.15) is 0 Å². The monoisotopic (exact) mass is 284 g/mol. The molecule has 6 nitrogen and oxygen atoms in total. The van der Waals surface area contributed by atoms with Gasteiger partial charge in [0.25, 0.3) is 0 Å². The molecule has 0 aromatic heterocycles. The third-order valence-corrected chi connectivity index (χ3v) is 4.62. The molecule has 1 saturated heterocycles. The first-order valence-electron chi connectivity index (χ1n) is 7.26. The lowest BCUT2D eigenvalue weighted by atomic mass is 9.83. The number of amides is 2. The number of hydrogen-bond donors (Lipinski definition) is 3. The number of nitrogens with one attached hydrogen (secondary N) is 2. The van der Waals surface area contributed by atoms with E-state index in [1.165, 1.54) is 6.42 Å². The predicted octanol–water partition coefficient (Wildman–Crippen LogP) is 1.50. The highest BCUT2D eigenvalue weighted by molar-refractivity contribution is 5.79. The number of hydrogen-bond acceptors (Lipinski definition) is 3. The zero-order valence-corrected chi connectivity index (χ0v) is 12.2. The van der Waals surface area contributed by atoms with Crippen LogP contribution < -0.4 is 10.6 Å². The van der Waals surface area contributed by atoms with Gasteiger partial charge in [-0.1, -0.05) is 19.3 Å². The summed E-state index contributed by atoms with van der Waals surface area (Å²) in [6.45, 7) is 4.03. The van der Waals surface area contributed by atoms with Gasteiger partial charge in [0, 0.05) is 5.54 Å². The highest BCUT2D eigenvalue weighted by Crippen LogP contribution is 2.30. The molecule has 0 spiro atoms. The first-order valence-corrected chi connectivity index (χ1v) is 7.26. The lowest BCUT2D eigenvalue weighted by Gasteiger charge is -2.35. The smallest absolute Gasteiger partial charge is 0.315 e. The van der Waals surface area contributed by atoms with E-state index < -0.39 is 17.4 Å². The van der Waals surface area contributed by atoms with Crippen molar-refractivity contribution in [3.63, 3.8) is 0 Å². The van der Waals surface area contributed by atoms with E-state index in [1.54, 1.807) is 6.92 Å². The topological polar surface area (TPSA) is 87.7 Å². The van der Waals surface area contributed by atoms with Gasteiger partial charge in [-0.15, -0.1) is 0 Å². The summed E-state index contributed by atoms with van der Waals surface area (Å²) in [5.74, 6) is -0.941. The number of ether oxygens (including phenoxy) is 1. The minimum Gasteiger partial charge on any atom is -0.481 e. The van der Waals surface area contributed by atoms with Crippen LogP contribution in [0, 0.1) is 5.41 Å². The summed E-state index contributed by atoms with van der Waals surface area (Å²) in [7, 11) is 0. The molecule has 0 aromatic carbocycles. The van der Waals surface area contributed by atoms with E-state index in [9.17, 15) is 14.7 Å². The molecule has 3 N–H and O–H groups in total. The predicted molar refractivity (Wildman–Crippen MR) is 73.5 cm³/mol. The van der Waals surface area contributed by atoms with Crippen molar-refractivity contribution in [1.82, 2.24) is 10.6 Å². The highest BCUT2D eigenvalue weighted by Gasteiger charge is 2.47. The Balaban J connectivity index is 1.92. The van der Waals surface area contributed by atoms with Crippen LogP contribution in [-0.2, 0) is 9.53 Å². The van der Waals surface area contributed by atoms with Crippen LogP contribution in [0.1, 0.15) is 46.0 Å². The number of carboxylic acids is 1. The van der Waals surface area contributed by atoms with E-state index in [4.69, 9.17) is 4.74 Å². The highest BCUT2D eigenvalue weighted by atomic mass is 16.5. The molecule has 2 rings (SSSR count). The fourth-order valence-electron chi connectivity index (χ4n) is 3.01. The molecule has 1 aliphatic carbocycles. The van der Waals surface area contributed by atoms with Gasteiger partial charge in [-0.05, 0) is 26.7 Å². The molecule has 2 aliphatic rings. The Bertz CT molecular complexity index is 393. The summed E-state index contributed by atoms with van der Waals surface area (Å²) in [6, 6.07) is -0.787. The number of rotatable bonds is 3. The third kappa shape index (κ3) is 3.06. The van der Waals surface area contributed by atoms with Crippen molar-refractivity contribution in [1.29, 1.82) is 0 Å². The van der Waals surface area contributed by atoms with Crippen molar-refractivity contribution >= 4 is 12.0 Å². The van der Waals surface area contributed by atoms with Crippen molar-refractivity contribution < 1.29 is 19.4 Å². The summed E-state index contributed by atoms with van der Waals surface area (Å²) < 4.78 is 5.23. The van der Waals surface area contributed by atoms with E-state index in [-0.39, 0.29) is 24.8 Å². The maximum atomic E-state index is 12.1. The van der Waals surface area contributed by atoms with Gasteiger partial charge in [-0.3, -0.25) is 4.79 Å². The van der Waals surface area contributed by atoms with Crippen LogP contribution in [0.5, 0.6) is 0 Å². The SMILES string of the molecule is CC1(NC(=O)NC2COCC2(C)C(=O)O)CCCCC1. The van der Waals surface area contributed by atoms with Crippen molar-refractivity contribution in [2.45, 2.75) is 57.5 Å². The molecule has 2 fully saturated rings. The maximum Gasteiger partial charge on any atom is 0.315 e. The first-order chi connectivity index (χ1) is 9.36. The average Bonchev–Trinajstić information content (AvgIpc) is 2.72. The second-order valence-corrected chi connectivity index (χ2v) is 6.51. The molecular weight excluding hydrogens is 260 g/mol. The fourth-order valence-corrected chi connectivity index (χ4v) is 3.01. The van der Waals surface area contributed by atoms with Crippen molar-refractivity contribution in [3.05, 3.63) is 0 Å². The Morgan fingerprint density at radius 3 is 2.45 bits per heavy atom. The number of carbonyl (C=O) groups is 2. The molecule has 6 heteroatoms. The number of urea groups is 1. The average molecular weight is 284 g/mol. The molecular formula is C14H24N2O4. The molecule has 1 heterocycles. The van der Waals surface area contributed by atoms with Crippen molar-refractivity contribution in [3.8, 4) is 0 Å². The zero-order valence-electron chi connectivity index (χ0n) is 12.2. The first kappa shape index (κ1) is 15.1. The Morgan fingerprint density at radius 1 is 1.20 bits per heavy atom. The van der Waals surface area contributed by atoms with Gasteiger partial charge in [-0.25, -0.2) is 4.79 Å². The minimum atomic E-state index is -1.05. The second-order valence-electron chi connectivity index (χ2n) is 6.51. The van der Waals surface area contributed by atoms with Gasteiger partial charge in [0.2, 0.25) is 0 Å². The molecule has 2 amide bonds. The largest absolute Gasteiger partial charge is 0.481 e. The molecule has 1 aliphatic heterocycles. The third-order valence-electron chi connectivity index (χ3n) is 4.62. The fraction of sp³-hybridized carbons (Fsp3) is 0.857. The van der Waals surface area contributed by atoms with Crippen LogP contribution in [0.25, 0.3) is 0 Å². The van der Waals surface area contributed by atoms with Crippen LogP contribution in [0.4, 0.5) is 4.79 Å². The summed E-state index contributed by atoms with van der Waals surface area (Å²) in [5.41, 5.74) is -1.23. The summed E-state index contributed by atoms with van der Waals surface area (Å²) in [5, 5.41) is 15.0. The Hall–Kier alpha value is -1.30. The van der Waals surface area contributed by atoms with E-state index in [2.05, 4.69) is 10.6 Å². The summed E-state index contributed by atoms with van der Waals surface area (Å²) >= 11 is 0. The van der Waals surface area contributed by atoms with Crippen LogP contribution >= 0.6 is 0 Å². The van der Waals surface area contributed by atoms with Gasteiger partial charge >= 0.3 is 12.0 Å². The van der Waals surface area contributed by atoms with Gasteiger partial charge in [0.1, 0.15) is 5.41 Å². The quantitative estimate of drug-likeness (QED) is 0.733. The number of carboxylic acid groups (broad SMARTS) is 1. The summed E-state index contributed by atoms with van der Waals surface area (Å²) in [4.78, 5) is 23.4. The van der Waals surface area contributed by atoms with Crippen LogP contribution in [-0.4, -0.2) is 41.9 Å². The van der Waals surface area contributed by atoms with Crippen molar-refractivity contribution in [2.24, 2.45) is 5.41 Å². The second kappa shape index (κ2) is 5.60. The van der Waals surface area contributed by atoms with Crippen molar-refractivity contribution in [2.75, 3.05) is 13.2 Å². The molecule has 2 atom stereocenters. The van der Waals surface area contributed by atoms with Crippen LogP contribution in [0.2, 0.25) is 0 Å². The molecule has 1 saturated carbocycles. The molecule has 114 valence electrons. The molecule has 2 unspecified atom stereocenters. The maximum absolute atomic E-state index is 12.1. The van der Waals surface area contributed by atoms with Gasteiger partial charge in [0.05, 0.1) is 19.3 Å². The standard InChI is InChI=1S/C14H24N2O4/c1-13(6-4-3-5-7-13)16-12(19)15-10-8-20-9-14(10,2)11(17)18/h10H,3-9H2,1-2H3,(H,17,18)(H2,15,16,19). The Kier molecular flexibility index (Phi) is 4.22. The van der Waals surface area contributed by atoms with E-state index in [0.29, 0.717) is 0 Å². The normalized spacial score (nSPS) is 32.6. The summed E-state index contributed by atoms with van der Waals surface area (Å²) in [6.07, 6.45) is 5.40. The number of aliphatic carboxylic acids is 1. The number of carbonyl (C=O) groups excluding carboxylic acids is 1. The molecule has 0 radical (unpaired) electrons. The zero-order chi connectivity index (χ0) is 14.8. The van der Waals surface area contributed by atoms with E-state index in [1.807, 2.05) is 6.92 Å². The Morgan fingerprint density at radius 2 is 1.85 bits per heavy atom. The van der Waals surface area contributed by atoms with Crippen LogP contribution in [0.15, 0.2) is 0 Å². The molecule has 0 bridgehead atoms. The lowest BCUT2D eigenvalue weighted by molar-refractivity contribution is -0.148. The van der Waals surface area contributed by atoms with Gasteiger partial charge < -0.3 is 20.5 Å². The van der Waals surface area contributed by atoms with E-state index >= 15 is 0 Å². The molecule has 20 heavy (non-hydrogen) atoms. The van der Waals surface area contributed by atoms with Crippen LogP contribution in [0.3, 0.4) is 0 Å². The van der Waals surface area contributed by atoms with Gasteiger partial charge in [0.15, 0.2) is 0 Å². The lowest BCUT2D eigenvalue weighted by Crippen LogP contribution is -2.57. The minimum absolute atomic E-state index is 0.130.